The van der Waals surface area contributed by atoms with E-state index in [-0.39, 0.29) is 21.9 Å². The van der Waals surface area contributed by atoms with E-state index in [4.69, 9.17) is 4.42 Å². The number of thioether (sulfide) groups is 1. The fourth-order valence-corrected chi connectivity index (χ4v) is 4.03. The predicted molar refractivity (Wildman–Crippen MR) is 106 cm³/mol. The SMILES string of the molecule is O=c1[nH]c(CSc2nc(C(F)(F)F)nc3ccccc23)nc2c1oc1ccccc12. The molecule has 6 nitrogen and oxygen atoms in total. The maximum absolute atomic E-state index is 13.2. The van der Waals surface area contributed by atoms with E-state index in [1.165, 1.54) is 6.07 Å². The number of benzene rings is 2. The molecule has 150 valence electrons. The molecule has 0 bridgehead atoms. The number of aromatic amines is 1. The summed E-state index contributed by atoms with van der Waals surface area (Å²) >= 11 is 1.04. The van der Waals surface area contributed by atoms with Gasteiger partial charge in [0.15, 0.2) is 0 Å². The van der Waals surface area contributed by atoms with Crippen molar-refractivity contribution in [2.24, 2.45) is 0 Å². The Morgan fingerprint density at radius 3 is 2.50 bits per heavy atom. The van der Waals surface area contributed by atoms with Crippen molar-refractivity contribution in [3.8, 4) is 0 Å². The molecule has 3 aromatic heterocycles. The number of furan rings is 1. The van der Waals surface area contributed by atoms with Crippen molar-refractivity contribution in [1.82, 2.24) is 19.9 Å². The number of hydrogen-bond donors (Lipinski definition) is 1. The summed E-state index contributed by atoms with van der Waals surface area (Å²) < 4.78 is 45.1. The van der Waals surface area contributed by atoms with Gasteiger partial charge in [0.05, 0.1) is 11.3 Å². The highest BCUT2D eigenvalue weighted by Gasteiger charge is 2.35. The number of nitrogens with zero attached hydrogens (tertiary/aromatic N) is 3. The summed E-state index contributed by atoms with van der Waals surface area (Å²) in [5.74, 6) is -0.787. The van der Waals surface area contributed by atoms with Crippen LogP contribution in [0.5, 0.6) is 0 Å². The number of rotatable bonds is 3. The van der Waals surface area contributed by atoms with Crippen molar-refractivity contribution >= 4 is 44.7 Å². The summed E-state index contributed by atoms with van der Waals surface area (Å²) in [6.07, 6.45) is -4.67. The highest BCUT2D eigenvalue weighted by Crippen LogP contribution is 2.33. The zero-order valence-corrected chi connectivity index (χ0v) is 15.8. The summed E-state index contributed by atoms with van der Waals surface area (Å²) in [5, 5.41) is 1.34. The lowest BCUT2D eigenvalue weighted by Gasteiger charge is -2.10. The number of nitrogens with one attached hydrogen (secondary N) is 1. The topological polar surface area (TPSA) is 84.7 Å². The largest absolute Gasteiger partial charge is 0.451 e. The monoisotopic (exact) mass is 428 g/mol. The Morgan fingerprint density at radius 2 is 1.70 bits per heavy atom. The highest BCUT2D eigenvalue weighted by atomic mass is 32.2. The number of hydrogen-bond acceptors (Lipinski definition) is 6. The van der Waals surface area contributed by atoms with Crippen molar-refractivity contribution < 1.29 is 17.6 Å². The van der Waals surface area contributed by atoms with E-state index in [1.54, 1.807) is 42.5 Å². The van der Waals surface area contributed by atoms with Crippen LogP contribution < -0.4 is 5.56 Å². The van der Waals surface area contributed by atoms with Gasteiger partial charge in [0.2, 0.25) is 11.4 Å². The molecular formula is C20H11F3N4O2S. The van der Waals surface area contributed by atoms with Gasteiger partial charge in [-0.3, -0.25) is 4.79 Å². The first-order chi connectivity index (χ1) is 14.4. The van der Waals surface area contributed by atoms with E-state index in [0.29, 0.717) is 27.7 Å². The summed E-state index contributed by atoms with van der Waals surface area (Å²) in [6.45, 7) is 0. The van der Waals surface area contributed by atoms with Crippen LogP contribution in [-0.2, 0) is 11.9 Å². The Hall–Kier alpha value is -3.40. The van der Waals surface area contributed by atoms with Gasteiger partial charge in [0.25, 0.3) is 5.56 Å². The third kappa shape index (κ3) is 3.18. The Balaban J connectivity index is 1.56. The summed E-state index contributed by atoms with van der Waals surface area (Å²) in [4.78, 5) is 26.8. The van der Waals surface area contributed by atoms with Crippen LogP contribution in [0.15, 0.2) is 62.8 Å². The molecule has 0 aliphatic rings. The number of alkyl halides is 3. The predicted octanol–water partition coefficient (Wildman–Crippen LogP) is 4.92. The minimum Gasteiger partial charge on any atom is -0.449 e. The molecule has 0 atom stereocenters. The third-order valence-electron chi connectivity index (χ3n) is 4.45. The van der Waals surface area contributed by atoms with Crippen molar-refractivity contribution in [2.45, 2.75) is 17.0 Å². The molecule has 1 N–H and O–H groups in total. The molecule has 0 saturated heterocycles. The first-order valence-corrected chi connectivity index (χ1v) is 9.76. The average molecular weight is 428 g/mol. The van der Waals surface area contributed by atoms with Gasteiger partial charge in [-0.1, -0.05) is 42.1 Å². The van der Waals surface area contributed by atoms with Gasteiger partial charge < -0.3 is 9.40 Å². The van der Waals surface area contributed by atoms with Gasteiger partial charge in [-0.25, -0.2) is 15.0 Å². The quantitative estimate of drug-likeness (QED) is 0.324. The van der Waals surface area contributed by atoms with Crippen LogP contribution in [0.1, 0.15) is 11.6 Å². The van der Waals surface area contributed by atoms with Crippen LogP contribution in [0, 0.1) is 0 Å². The van der Waals surface area contributed by atoms with Crippen LogP contribution >= 0.6 is 11.8 Å². The second-order valence-electron chi connectivity index (χ2n) is 6.44. The second-order valence-corrected chi connectivity index (χ2v) is 7.41. The number of para-hydroxylation sites is 2. The summed E-state index contributed by atoms with van der Waals surface area (Å²) in [6, 6.07) is 13.6. The average Bonchev–Trinajstić information content (AvgIpc) is 3.10. The van der Waals surface area contributed by atoms with Crippen molar-refractivity contribution in [3.05, 3.63) is 70.5 Å². The van der Waals surface area contributed by atoms with E-state index >= 15 is 0 Å². The molecule has 0 unspecified atom stereocenters. The molecule has 0 spiro atoms. The van der Waals surface area contributed by atoms with Gasteiger partial charge >= 0.3 is 6.18 Å². The lowest BCUT2D eigenvalue weighted by Crippen LogP contribution is -2.12. The second kappa shape index (κ2) is 6.84. The lowest BCUT2D eigenvalue weighted by atomic mass is 10.2. The molecule has 0 aliphatic carbocycles. The molecule has 0 fully saturated rings. The summed E-state index contributed by atoms with van der Waals surface area (Å²) in [7, 11) is 0. The minimum atomic E-state index is -4.67. The van der Waals surface area contributed by atoms with Gasteiger partial charge in [-0.2, -0.15) is 13.2 Å². The standard InChI is InChI=1S/C20H11F3N4O2S/c21-20(22,23)19-24-12-7-3-1-5-10(12)18(27-19)30-9-14-25-15-11-6-2-4-8-13(11)29-16(15)17(28)26-14/h1-8H,9H2,(H,25,26,28). The molecule has 0 saturated carbocycles. The van der Waals surface area contributed by atoms with Gasteiger partial charge in [0, 0.05) is 10.8 Å². The third-order valence-corrected chi connectivity index (χ3v) is 5.45. The first kappa shape index (κ1) is 18.6. The van der Waals surface area contributed by atoms with Crippen LogP contribution in [-0.4, -0.2) is 19.9 Å². The van der Waals surface area contributed by atoms with Gasteiger partial charge in [-0.05, 0) is 18.2 Å². The maximum Gasteiger partial charge on any atom is 0.451 e. The fourth-order valence-electron chi connectivity index (χ4n) is 3.14. The molecule has 0 radical (unpaired) electrons. The Labute approximate surface area is 170 Å². The smallest absolute Gasteiger partial charge is 0.449 e. The lowest BCUT2D eigenvalue weighted by molar-refractivity contribution is -0.145. The van der Waals surface area contributed by atoms with Crippen molar-refractivity contribution in [2.75, 3.05) is 0 Å². The van der Waals surface area contributed by atoms with E-state index < -0.39 is 17.6 Å². The molecule has 0 amide bonds. The first-order valence-electron chi connectivity index (χ1n) is 8.77. The number of fused-ring (bicyclic) bond motifs is 4. The minimum absolute atomic E-state index is 0.108. The molecular weight excluding hydrogens is 417 g/mol. The Morgan fingerprint density at radius 1 is 0.967 bits per heavy atom. The molecule has 10 heteroatoms. The molecule has 5 rings (SSSR count). The molecule has 30 heavy (non-hydrogen) atoms. The van der Waals surface area contributed by atoms with E-state index in [0.717, 1.165) is 11.8 Å². The van der Waals surface area contributed by atoms with Crippen LogP contribution in [0.25, 0.3) is 33.0 Å². The number of aromatic nitrogens is 4. The number of H-pyrrole nitrogens is 1. The van der Waals surface area contributed by atoms with Crippen LogP contribution in [0.4, 0.5) is 13.2 Å². The van der Waals surface area contributed by atoms with Gasteiger partial charge in [-0.15, -0.1) is 0 Å². The highest BCUT2D eigenvalue weighted by molar-refractivity contribution is 7.98. The zero-order chi connectivity index (χ0) is 20.9. The summed E-state index contributed by atoms with van der Waals surface area (Å²) in [5.41, 5.74) is 0.799. The number of halogens is 3. The van der Waals surface area contributed by atoms with E-state index in [9.17, 15) is 18.0 Å². The molecule has 5 aromatic rings. The zero-order valence-electron chi connectivity index (χ0n) is 15.0. The normalized spacial score (nSPS) is 12.2. The van der Waals surface area contributed by atoms with E-state index in [2.05, 4.69) is 19.9 Å². The van der Waals surface area contributed by atoms with Crippen molar-refractivity contribution in [3.63, 3.8) is 0 Å². The maximum atomic E-state index is 13.2. The Kier molecular flexibility index (Phi) is 4.24. The molecule has 3 heterocycles. The van der Waals surface area contributed by atoms with Crippen LogP contribution in [0.3, 0.4) is 0 Å². The van der Waals surface area contributed by atoms with E-state index in [1.807, 2.05) is 0 Å². The molecule has 0 aliphatic heterocycles. The van der Waals surface area contributed by atoms with Crippen molar-refractivity contribution in [1.29, 1.82) is 0 Å². The molecule has 2 aromatic carbocycles. The van der Waals surface area contributed by atoms with Gasteiger partial charge in [0.1, 0.15) is 22.0 Å². The van der Waals surface area contributed by atoms with Crippen LogP contribution in [0.2, 0.25) is 0 Å². The Bertz CT molecular complexity index is 1480. The fraction of sp³-hybridized carbons (Fsp3) is 0.100.